The molecule has 0 spiro atoms. The first-order valence-corrected chi connectivity index (χ1v) is 6.40. The highest BCUT2D eigenvalue weighted by atomic mass is 19.1. The molecule has 1 amide bonds. The van der Waals surface area contributed by atoms with Crippen LogP contribution in [0.3, 0.4) is 0 Å². The van der Waals surface area contributed by atoms with Crippen LogP contribution in [0.2, 0.25) is 0 Å². The zero-order valence-electron chi connectivity index (χ0n) is 10.9. The Kier molecular flexibility index (Phi) is 4.74. The molecule has 1 aliphatic heterocycles. The van der Waals surface area contributed by atoms with Crippen LogP contribution in [-0.2, 0) is 16.0 Å². The van der Waals surface area contributed by atoms with E-state index < -0.39 is 5.82 Å². The Morgan fingerprint density at radius 3 is 3.05 bits per heavy atom. The summed E-state index contributed by atoms with van der Waals surface area (Å²) in [6, 6.07) is 4.54. The van der Waals surface area contributed by atoms with Crippen molar-refractivity contribution in [1.82, 2.24) is 5.32 Å². The second-order valence-corrected chi connectivity index (χ2v) is 4.58. The second kappa shape index (κ2) is 6.52. The first kappa shape index (κ1) is 13.8. The van der Waals surface area contributed by atoms with Crippen LogP contribution in [0.4, 0.5) is 4.39 Å². The largest absolute Gasteiger partial charge is 0.494 e. The van der Waals surface area contributed by atoms with Crippen molar-refractivity contribution in [3.63, 3.8) is 0 Å². The average Bonchev–Trinajstić information content (AvgIpc) is 2.90. The van der Waals surface area contributed by atoms with Crippen molar-refractivity contribution < 1.29 is 18.7 Å². The first-order chi connectivity index (χ1) is 9.19. The SMILES string of the molecule is COc1ccc(CC(=O)NCC2CCCO2)cc1F. The lowest BCUT2D eigenvalue weighted by atomic mass is 10.1. The van der Waals surface area contributed by atoms with Crippen LogP contribution in [0.1, 0.15) is 18.4 Å². The van der Waals surface area contributed by atoms with Gasteiger partial charge in [-0.25, -0.2) is 4.39 Å². The highest BCUT2D eigenvalue weighted by Gasteiger charge is 2.16. The van der Waals surface area contributed by atoms with E-state index in [1.165, 1.54) is 19.2 Å². The van der Waals surface area contributed by atoms with E-state index in [9.17, 15) is 9.18 Å². The minimum atomic E-state index is -0.452. The van der Waals surface area contributed by atoms with Gasteiger partial charge < -0.3 is 14.8 Å². The molecular weight excluding hydrogens is 249 g/mol. The van der Waals surface area contributed by atoms with Gasteiger partial charge in [0.25, 0.3) is 0 Å². The number of carbonyl (C=O) groups is 1. The van der Waals surface area contributed by atoms with Crippen molar-refractivity contribution >= 4 is 5.91 Å². The molecule has 0 aromatic heterocycles. The second-order valence-electron chi connectivity index (χ2n) is 4.58. The van der Waals surface area contributed by atoms with Gasteiger partial charge in [-0.3, -0.25) is 4.79 Å². The predicted octanol–water partition coefficient (Wildman–Crippen LogP) is 1.67. The summed E-state index contributed by atoms with van der Waals surface area (Å²) in [7, 11) is 1.41. The van der Waals surface area contributed by atoms with Gasteiger partial charge in [0.1, 0.15) is 0 Å². The monoisotopic (exact) mass is 267 g/mol. The van der Waals surface area contributed by atoms with E-state index in [0.717, 1.165) is 19.4 Å². The van der Waals surface area contributed by atoms with Crippen LogP contribution >= 0.6 is 0 Å². The number of rotatable bonds is 5. The first-order valence-electron chi connectivity index (χ1n) is 6.40. The Labute approximate surface area is 111 Å². The van der Waals surface area contributed by atoms with Gasteiger partial charge in [-0.2, -0.15) is 0 Å². The van der Waals surface area contributed by atoms with E-state index in [2.05, 4.69) is 5.32 Å². The van der Waals surface area contributed by atoms with Crippen molar-refractivity contribution in [3.8, 4) is 5.75 Å². The Morgan fingerprint density at radius 2 is 2.42 bits per heavy atom. The molecular formula is C14H18FNO3. The lowest BCUT2D eigenvalue weighted by Crippen LogP contribution is -2.32. The molecule has 1 heterocycles. The summed E-state index contributed by atoms with van der Waals surface area (Å²) in [5.41, 5.74) is 0.628. The standard InChI is InChI=1S/C14H18FNO3/c1-18-13-5-4-10(7-12(13)15)8-14(17)16-9-11-3-2-6-19-11/h4-5,7,11H,2-3,6,8-9H2,1H3,(H,16,17). The highest BCUT2D eigenvalue weighted by Crippen LogP contribution is 2.18. The summed E-state index contributed by atoms with van der Waals surface area (Å²) in [6.07, 6.45) is 2.31. The van der Waals surface area contributed by atoms with Gasteiger partial charge in [0.15, 0.2) is 11.6 Å². The zero-order valence-corrected chi connectivity index (χ0v) is 10.9. The van der Waals surface area contributed by atoms with E-state index in [1.807, 2.05) is 0 Å². The number of carbonyl (C=O) groups excluding carboxylic acids is 1. The van der Waals surface area contributed by atoms with Crippen molar-refractivity contribution in [2.24, 2.45) is 0 Å². The van der Waals surface area contributed by atoms with Gasteiger partial charge in [-0.1, -0.05) is 6.07 Å². The molecule has 1 aromatic rings. The predicted molar refractivity (Wildman–Crippen MR) is 68.6 cm³/mol. The Bertz CT molecular complexity index is 444. The maximum atomic E-state index is 13.5. The molecule has 0 radical (unpaired) electrons. The molecule has 1 N–H and O–H groups in total. The molecule has 19 heavy (non-hydrogen) atoms. The molecule has 104 valence electrons. The minimum absolute atomic E-state index is 0.122. The Hall–Kier alpha value is -1.62. The molecule has 1 atom stereocenters. The third kappa shape index (κ3) is 3.92. The van der Waals surface area contributed by atoms with E-state index in [0.29, 0.717) is 12.1 Å². The Morgan fingerprint density at radius 1 is 1.58 bits per heavy atom. The summed E-state index contributed by atoms with van der Waals surface area (Å²) < 4.78 is 23.7. The van der Waals surface area contributed by atoms with Gasteiger partial charge in [0, 0.05) is 13.2 Å². The summed E-state index contributed by atoms with van der Waals surface area (Å²) in [6.45, 7) is 1.29. The third-order valence-corrected chi connectivity index (χ3v) is 3.13. The molecule has 0 saturated carbocycles. The van der Waals surface area contributed by atoms with Gasteiger partial charge in [0.05, 0.1) is 19.6 Å². The lowest BCUT2D eigenvalue weighted by molar-refractivity contribution is -0.120. The molecule has 1 unspecified atom stereocenters. The van der Waals surface area contributed by atoms with Crippen LogP contribution in [0, 0.1) is 5.82 Å². The Balaban J connectivity index is 1.82. The molecule has 0 bridgehead atoms. The summed E-state index contributed by atoms with van der Waals surface area (Å²) in [4.78, 5) is 11.7. The van der Waals surface area contributed by atoms with Gasteiger partial charge in [0.2, 0.25) is 5.91 Å². The van der Waals surface area contributed by atoms with Crippen molar-refractivity contribution in [3.05, 3.63) is 29.6 Å². The molecule has 2 rings (SSSR count). The number of benzene rings is 1. The van der Waals surface area contributed by atoms with Gasteiger partial charge in [-0.15, -0.1) is 0 Å². The third-order valence-electron chi connectivity index (χ3n) is 3.13. The van der Waals surface area contributed by atoms with Crippen molar-refractivity contribution in [1.29, 1.82) is 0 Å². The zero-order chi connectivity index (χ0) is 13.7. The van der Waals surface area contributed by atoms with E-state index in [1.54, 1.807) is 6.07 Å². The van der Waals surface area contributed by atoms with Crippen LogP contribution in [-0.4, -0.2) is 32.3 Å². The fourth-order valence-corrected chi connectivity index (χ4v) is 2.10. The highest BCUT2D eigenvalue weighted by molar-refractivity contribution is 5.78. The molecule has 4 nitrogen and oxygen atoms in total. The van der Waals surface area contributed by atoms with E-state index in [4.69, 9.17) is 9.47 Å². The molecule has 0 aliphatic carbocycles. The van der Waals surface area contributed by atoms with Crippen LogP contribution in [0.25, 0.3) is 0 Å². The maximum Gasteiger partial charge on any atom is 0.224 e. The van der Waals surface area contributed by atoms with Crippen LogP contribution < -0.4 is 10.1 Å². The summed E-state index contributed by atoms with van der Waals surface area (Å²) in [5, 5.41) is 2.80. The smallest absolute Gasteiger partial charge is 0.224 e. The quantitative estimate of drug-likeness (QED) is 0.883. The molecule has 1 saturated heterocycles. The number of nitrogens with one attached hydrogen (secondary N) is 1. The van der Waals surface area contributed by atoms with Crippen molar-refractivity contribution in [2.75, 3.05) is 20.3 Å². The number of hydrogen-bond donors (Lipinski definition) is 1. The normalized spacial score (nSPS) is 18.3. The number of amides is 1. The summed E-state index contributed by atoms with van der Waals surface area (Å²) in [5.74, 6) is -0.393. The van der Waals surface area contributed by atoms with Gasteiger partial charge >= 0.3 is 0 Å². The van der Waals surface area contributed by atoms with E-state index >= 15 is 0 Å². The van der Waals surface area contributed by atoms with Crippen LogP contribution in [0.5, 0.6) is 5.75 Å². The average molecular weight is 267 g/mol. The number of halogens is 1. The fourth-order valence-electron chi connectivity index (χ4n) is 2.10. The fraction of sp³-hybridized carbons (Fsp3) is 0.500. The van der Waals surface area contributed by atoms with Crippen LogP contribution in [0.15, 0.2) is 18.2 Å². The summed E-state index contributed by atoms with van der Waals surface area (Å²) >= 11 is 0. The maximum absolute atomic E-state index is 13.5. The lowest BCUT2D eigenvalue weighted by Gasteiger charge is -2.11. The molecule has 1 aromatic carbocycles. The topological polar surface area (TPSA) is 47.6 Å². The number of methoxy groups -OCH3 is 1. The minimum Gasteiger partial charge on any atom is -0.494 e. The number of hydrogen-bond acceptors (Lipinski definition) is 3. The molecule has 1 fully saturated rings. The number of ether oxygens (including phenoxy) is 2. The van der Waals surface area contributed by atoms with Gasteiger partial charge in [-0.05, 0) is 30.5 Å². The molecule has 1 aliphatic rings. The van der Waals surface area contributed by atoms with Crippen molar-refractivity contribution in [2.45, 2.75) is 25.4 Å². The van der Waals surface area contributed by atoms with E-state index in [-0.39, 0.29) is 24.2 Å². The molecule has 5 heteroatoms.